The van der Waals surface area contributed by atoms with Crippen LogP contribution in [0.5, 0.6) is 0 Å². The van der Waals surface area contributed by atoms with E-state index >= 15 is 0 Å². The molecule has 7 heteroatoms. The number of carbonyl (C=O) groups is 3. The van der Waals surface area contributed by atoms with Gasteiger partial charge in [0.15, 0.2) is 0 Å². The average molecular weight is 465 g/mol. The van der Waals surface area contributed by atoms with Crippen molar-refractivity contribution in [2.24, 2.45) is 5.92 Å². The minimum atomic E-state index is -0.867. The molecule has 34 heavy (non-hydrogen) atoms. The Morgan fingerprint density at radius 3 is 2.29 bits per heavy atom. The molecular formula is C27H32N2O5. The van der Waals surface area contributed by atoms with Crippen LogP contribution in [0.1, 0.15) is 56.6 Å². The van der Waals surface area contributed by atoms with Gasteiger partial charge in [-0.25, -0.2) is 4.79 Å². The van der Waals surface area contributed by atoms with Crippen LogP contribution in [-0.4, -0.2) is 53.2 Å². The van der Waals surface area contributed by atoms with Crippen LogP contribution in [0.25, 0.3) is 11.1 Å². The topological polar surface area (TPSA) is 95.9 Å². The second kappa shape index (κ2) is 10.3. The number of nitrogens with one attached hydrogen (secondary N) is 1. The lowest BCUT2D eigenvalue weighted by molar-refractivity contribution is -0.149. The van der Waals surface area contributed by atoms with Gasteiger partial charge in [-0.05, 0) is 48.4 Å². The highest BCUT2D eigenvalue weighted by molar-refractivity contribution is 5.80. The van der Waals surface area contributed by atoms with Gasteiger partial charge in [0, 0.05) is 31.0 Å². The number of aliphatic carboxylic acids is 1. The molecule has 7 nitrogen and oxygen atoms in total. The fourth-order valence-electron chi connectivity index (χ4n) is 5.26. The molecule has 180 valence electrons. The lowest BCUT2D eigenvalue weighted by Crippen LogP contribution is -2.50. The molecule has 2 N–H and O–H groups in total. The van der Waals surface area contributed by atoms with Gasteiger partial charge in [0.2, 0.25) is 5.91 Å². The van der Waals surface area contributed by atoms with E-state index in [0.29, 0.717) is 25.8 Å². The molecule has 3 atom stereocenters. The molecule has 1 heterocycles. The molecule has 1 fully saturated rings. The first-order valence-corrected chi connectivity index (χ1v) is 12.0. The van der Waals surface area contributed by atoms with Gasteiger partial charge >= 0.3 is 12.1 Å². The van der Waals surface area contributed by atoms with Crippen LogP contribution in [0.15, 0.2) is 48.5 Å². The van der Waals surface area contributed by atoms with Gasteiger partial charge in [0.1, 0.15) is 6.61 Å². The predicted molar refractivity (Wildman–Crippen MR) is 128 cm³/mol. The Hall–Kier alpha value is -3.35. The van der Waals surface area contributed by atoms with Crippen LogP contribution in [0.3, 0.4) is 0 Å². The molecule has 0 radical (unpaired) electrons. The van der Waals surface area contributed by atoms with Gasteiger partial charge < -0.3 is 20.1 Å². The summed E-state index contributed by atoms with van der Waals surface area (Å²) in [5, 5.41) is 12.2. The monoisotopic (exact) mass is 464 g/mol. The number of likely N-dealkylation sites (tertiary alicyclic amines) is 1. The zero-order chi connectivity index (χ0) is 24.2. The molecule has 0 unspecified atom stereocenters. The summed E-state index contributed by atoms with van der Waals surface area (Å²) >= 11 is 0. The van der Waals surface area contributed by atoms with Crippen molar-refractivity contribution in [1.29, 1.82) is 0 Å². The zero-order valence-corrected chi connectivity index (χ0v) is 19.7. The smallest absolute Gasteiger partial charge is 0.407 e. The van der Waals surface area contributed by atoms with Crippen LogP contribution < -0.4 is 5.32 Å². The molecule has 2 amide bonds. The third kappa shape index (κ3) is 4.79. The van der Waals surface area contributed by atoms with Crippen molar-refractivity contribution in [1.82, 2.24) is 10.2 Å². The normalized spacial score (nSPS) is 20.2. The van der Waals surface area contributed by atoms with Gasteiger partial charge in [-0.2, -0.15) is 0 Å². The number of amides is 2. The Balaban J connectivity index is 1.34. The second-order valence-electron chi connectivity index (χ2n) is 9.19. The van der Waals surface area contributed by atoms with E-state index in [9.17, 15) is 19.5 Å². The number of ether oxygens (including phenoxy) is 1. The van der Waals surface area contributed by atoms with Crippen LogP contribution >= 0.6 is 0 Å². The van der Waals surface area contributed by atoms with E-state index < -0.39 is 18.0 Å². The summed E-state index contributed by atoms with van der Waals surface area (Å²) in [6.07, 6.45) is 1.40. The first kappa shape index (κ1) is 23.8. The summed E-state index contributed by atoms with van der Waals surface area (Å²) < 4.78 is 5.62. The fraction of sp³-hybridized carbons (Fsp3) is 0.444. The molecule has 2 aliphatic rings. The Kier molecular flexibility index (Phi) is 7.20. The molecule has 1 aliphatic carbocycles. The SMILES string of the molecule is CC[C@@H](CC(=O)N1CCC[C@H](C(=O)O)[C@@H]1C)NC(=O)OCC1c2ccccc2-c2ccccc21. The van der Waals surface area contributed by atoms with E-state index in [2.05, 4.69) is 29.6 Å². The fourth-order valence-corrected chi connectivity index (χ4v) is 5.26. The third-order valence-electron chi connectivity index (χ3n) is 7.21. The molecule has 4 rings (SSSR count). The number of nitrogens with zero attached hydrogens (tertiary/aromatic N) is 1. The summed E-state index contributed by atoms with van der Waals surface area (Å²) in [4.78, 5) is 38.7. The van der Waals surface area contributed by atoms with Crippen molar-refractivity contribution in [3.05, 3.63) is 59.7 Å². The number of hydrogen-bond acceptors (Lipinski definition) is 4. The Bertz CT molecular complexity index is 1020. The van der Waals surface area contributed by atoms with Crippen molar-refractivity contribution in [2.45, 2.75) is 57.5 Å². The molecule has 1 aliphatic heterocycles. The number of carboxylic acids is 1. The maximum atomic E-state index is 12.9. The standard InChI is InChI=1S/C27H32N2O5/c1-3-18(15-25(30)29-14-8-13-19(17(29)2)26(31)32)28-27(33)34-16-24-22-11-6-4-9-20(22)21-10-5-7-12-23(21)24/h4-7,9-12,17-19,24H,3,8,13-16H2,1-2H3,(H,28,33)(H,31,32)/t17-,18-,19-/m0/s1. The molecular weight excluding hydrogens is 432 g/mol. The highest BCUT2D eigenvalue weighted by Gasteiger charge is 2.36. The number of piperidine rings is 1. The summed E-state index contributed by atoms with van der Waals surface area (Å²) in [5.41, 5.74) is 4.62. The van der Waals surface area contributed by atoms with Gasteiger partial charge in [0.05, 0.1) is 5.92 Å². The number of rotatable bonds is 7. The molecule has 2 aromatic rings. The maximum Gasteiger partial charge on any atom is 0.407 e. The minimum Gasteiger partial charge on any atom is -0.481 e. The van der Waals surface area contributed by atoms with Gasteiger partial charge in [-0.1, -0.05) is 55.5 Å². The molecule has 0 aromatic heterocycles. The van der Waals surface area contributed by atoms with Crippen LogP contribution in [0.2, 0.25) is 0 Å². The highest BCUT2D eigenvalue weighted by Crippen LogP contribution is 2.44. The van der Waals surface area contributed by atoms with Crippen LogP contribution in [0, 0.1) is 5.92 Å². The zero-order valence-electron chi connectivity index (χ0n) is 19.7. The van der Waals surface area contributed by atoms with Crippen molar-refractivity contribution in [3.8, 4) is 11.1 Å². The quantitative estimate of drug-likeness (QED) is 0.633. The van der Waals surface area contributed by atoms with Crippen molar-refractivity contribution in [2.75, 3.05) is 13.2 Å². The summed E-state index contributed by atoms with van der Waals surface area (Å²) in [7, 11) is 0. The first-order chi connectivity index (χ1) is 16.4. The van der Waals surface area contributed by atoms with Gasteiger partial charge in [0.25, 0.3) is 0 Å². The molecule has 0 bridgehead atoms. The Labute approximate surface area is 200 Å². The van der Waals surface area contributed by atoms with E-state index in [1.165, 1.54) is 11.1 Å². The Morgan fingerprint density at radius 2 is 1.71 bits per heavy atom. The third-order valence-corrected chi connectivity index (χ3v) is 7.21. The minimum absolute atomic E-state index is 0.0259. The molecule has 0 spiro atoms. The van der Waals surface area contributed by atoms with E-state index in [1.54, 1.807) is 11.8 Å². The van der Waals surface area contributed by atoms with E-state index in [4.69, 9.17) is 4.74 Å². The lowest BCUT2D eigenvalue weighted by atomic mass is 9.90. The predicted octanol–water partition coefficient (Wildman–Crippen LogP) is 4.41. The first-order valence-electron chi connectivity index (χ1n) is 12.0. The van der Waals surface area contributed by atoms with Crippen molar-refractivity contribution >= 4 is 18.0 Å². The number of hydrogen-bond donors (Lipinski definition) is 2. The van der Waals surface area contributed by atoms with Crippen LogP contribution in [0.4, 0.5) is 4.79 Å². The number of benzene rings is 2. The van der Waals surface area contributed by atoms with E-state index in [0.717, 1.165) is 11.1 Å². The van der Waals surface area contributed by atoms with Crippen molar-refractivity contribution < 1.29 is 24.2 Å². The second-order valence-corrected chi connectivity index (χ2v) is 9.19. The number of carboxylic acid groups (broad SMARTS) is 1. The molecule has 2 aromatic carbocycles. The molecule has 1 saturated heterocycles. The molecule has 0 saturated carbocycles. The number of alkyl carbamates (subject to hydrolysis) is 1. The largest absolute Gasteiger partial charge is 0.481 e. The highest BCUT2D eigenvalue weighted by atomic mass is 16.5. The van der Waals surface area contributed by atoms with Gasteiger partial charge in [-0.15, -0.1) is 0 Å². The lowest BCUT2D eigenvalue weighted by Gasteiger charge is -2.38. The summed E-state index contributed by atoms with van der Waals surface area (Å²) in [6, 6.07) is 15.6. The van der Waals surface area contributed by atoms with E-state index in [1.807, 2.05) is 31.2 Å². The van der Waals surface area contributed by atoms with Crippen LogP contribution in [-0.2, 0) is 14.3 Å². The number of carbonyl (C=O) groups excluding carboxylic acids is 2. The van der Waals surface area contributed by atoms with Gasteiger partial charge in [-0.3, -0.25) is 9.59 Å². The van der Waals surface area contributed by atoms with E-state index in [-0.39, 0.29) is 36.9 Å². The van der Waals surface area contributed by atoms with Crippen molar-refractivity contribution in [3.63, 3.8) is 0 Å². The summed E-state index contributed by atoms with van der Waals surface area (Å²) in [5.74, 6) is -1.58. The Morgan fingerprint density at radius 1 is 1.09 bits per heavy atom. The maximum absolute atomic E-state index is 12.9. The average Bonchev–Trinajstić information content (AvgIpc) is 3.16. The summed E-state index contributed by atoms with van der Waals surface area (Å²) in [6.45, 7) is 4.45. The number of fused-ring (bicyclic) bond motifs is 3.